The van der Waals surface area contributed by atoms with Crippen molar-refractivity contribution in [3.05, 3.63) is 44.5 Å². The van der Waals surface area contributed by atoms with Gasteiger partial charge in [0.1, 0.15) is 10.7 Å². The van der Waals surface area contributed by atoms with Crippen LogP contribution in [0.2, 0.25) is 0 Å². The molecular weight excluding hydrogens is 422 g/mol. The predicted octanol–water partition coefficient (Wildman–Crippen LogP) is 3.61. The Bertz CT molecular complexity index is 784. The lowest BCUT2D eigenvalue weighted by molar-refractivity contribution is 0.601. The van der Waals surface area contributed by atoms with E-state index in [-0.39, 0.29) is 10.7 Å². The highest BCUT2D eigenvalue weighted by Crippen LogP contribution is 2.31. The van der Waals surface area contributed by atoms with E-state index < -0.39 is 10.0 Å². The Morgan fingerprint density at radius 2 is 1.86 bits per heavy atom. The summed E-state index contributed by atoms with van der Waals surface area (Å²) in [5.74, 6) is -0.0495. The molecule has 8 heteroatoms. The summed E-state index contributed by atoms with van der Waals surface area (Å²) in [6, 6.07) is 5.15. The average molecular weight is 435 g/mol. The van der Waals surface area contributed by atoms with Crippen molar-refractivity contribution < 1.29 is 8.42 Å². The number of halogens is 2. The lowest BCUT2D eigenvalue weighted by Crippen LogP contribution is -2.16. The first-order valence-corrected chi connectivity index (χ1v) is 8.98. The lowest BCUT2D eigenvalue weighted by atomic mass is 10.1. The topological polar surface area (TPSA) is 85.1 Å². The van der Waals surface area contributed by atoms with E-state index in [0.29, 0.717) is 14.6 Å². The maximum atomic E-state index is 12.5. The van der Waals surface area contributed by atoms with Gasteiger partial charge in [0.15, 0.2) is 0 Å². The van der Waals surface area contributed by atoms with Gasteiger partial charge in [-0.1, -0.05) is 6.07 Å². The van der Waals surface area contributed by atoms with Crippen LogP contribution in [0.15, 0.2) is 38.2 Å². The molecule has 0 fully saturated rings. The zero-order valence-electron chi connectivity index (χ0n) is 11.3. The van der Waals surface area contributed by atoms with Gasteiger partial charge in [-0.15, -0.1) is 0 Å². The molecular formula is C13H13Br2N3O2S. The third-order valence-corrected chi connectivity index (χ3v) is 5.24. The van der Waals surface area contributed by atoms with Crippen molar-refractivity contribution in [1.82, 2.24) is 4.98 Å². The molecule has 112 valence electrons. The molecule has 1 aromatic heterocycles. The number of hydrogen-bond acceptors (Lipinski definition) is 4. The summed E-state index contributed by atoms with van der Waals surface area (Å²) in [6.45, 7) is 3.77. The van der Waals surface area contributed by atoms with Crippen LogP contribution in [-0.4, -0.2) is 13.4 Å². The molecule has 21 heavy (non-hydrogen) atoms. The first kappa shape index (κ1) is 16.3. The van der Waals surface area contributed by atoms with E-state index in [2.05, 4.69) is 41.6 Å². The predicted molar refractivity (Wildman–Crippen MR) is 90.8 cm³/mol. The summed E-state index contributed by atoms with van der Waals surface area (Å²) in [6.07, 6.45) is 1.45. The number of nitrogens with two attached hydrogens (primary N) is 1. The number of benzene rings is 1. The van der Waals surface area contributed by atoms with E-state index in [0.717, 1.165) is 11.1 Å². The van der Waals surface area contributed by atoms with E-state index in [1.54, 1.807) is 0 Å². The Morgan fingerprint density at radius 3 is 2.48 bits per heavy atom. The molecule has 3 N–H and O–H groups in total. The Kier molecular flexibility index (Phi) is 4.60. The molecule has 1 heterocycles. The minimum absolute atomic E-state index is 0.0495. The number of pyridine rings is 1. The fourth-order valence-corrected chi connectivity index (χ4v) is 4.53. The molecule has 0 aliphatic heterocycles. The maximum absolute atomic E-state index is 12.5. The second kappa shape index (κ2) is 5.94. The van der Waals surface area contributed by atoms with Crippen LogP contribution in [-0.2, 0) is 10.0 Å². The van der Waals surface area contributed by atoms with Crippen molar-refractivity contribution in [3.63, 3.8) is 0 Å². The van der Waals surface area contributed by atoms with Gasteiger partial charge in [-0.05, 0) is 69.0 Å². The first-order valence-electron chi connectivity index (χ1n) is 5.91. The minimum Gasteiger partial charge on any atom is -0.383 e. The molecule has 0 amide bonds. The zero-order chi connectivity index (χ0) is 15.8. The van der Waals surface area contributed by atoms with Crippen LogP contribution in [0.3, 0.4) is 0 Å². The molecule has 2 aromatic rings. The average Bonchev–Trinajstić information content (AvgIpc) is 2.36. The van der Waals surface area contributed by atoms with Gasteiger partial charge in [-0.3, -0.25) is 4.72 Å². The van der Waals surface area contributed by atoms with E-state index in [1.807, 2.05) is 26.0 Å². The molecule has 2 rings (SSSR count). The van der Waals surface area contributed by atoms with Gasteiger partial charge < -0.3 is 5.73 Å². The summed E-state index contributed by atoms with van der Waals surface area (Å²) < 4.78 is 28.7. The Morgan fingerprint density at radius 1 is 1.19 bits per heavy atom. The highest BCUT2D eigenvalue weighted by Gasteiger charge is 2.21. The minimum atomic E-state index is -3.82. The molecule has 0 radical (unpaired) electrons. The van der Waals surface area contributed by atoms with Crippen LogP contribution in [0, 0.1) is 13.8 Å². The number of rotatable bonds is 3. The fraction of sp³-hybridized carbons (Fsp3) is 0.154. The van der Waals surface area contributed by atoms with Crippen LogP contribution in [0.1, 0.15) is 11.1 Å². The van der Waals surface area contributed by atoms with Crippen molar-refractivity contribution in [3.8, 4) is 0 Å². The van der Waals surface area contributed by atoms with Gasteiger partial charge >= 0.3 is 0 Å². The highest BCUT2D eigenvalue weighted by atomic mass is 79.9. The van der Waals surface area contributed by atoms with E-state index in [4.69, 9.17) is 5.73 Å². The number of hydrogen-bond donors (Lipinski definition) is 2. The maximum Gasteiger partial charge on any atom is 0.265 e. The van der Waals surface area contributed by atoms with Crippen LogP contribution < -0.4 is 10.5 Å². The van der Waals surface area contributed by atoms with Crippen molar-refractivity contribution in [2.45, 2.75) is 18.7 Å². The molecule has 0 saturated heterocycles. The number of nitrogens with zero attached hydrogens (tertiary/aromatic N) is 1. The molecule has 0 saturated carbocycles. The van der Waals surface area contributed by atoms with Gasteiger partial charge in [0.05, 0.1) is 5.69 Å². The first-order chi connectivity index (χ1) is 9.70. The molecule has 0 aliphatic rings. The van der Waals surface area contributed by atoms with E-state index >= 15 is 0 Å². The van der Waals surface area contributed by atoms with Gasteiger partial charge in [0.25, 0.3) is 10.0 Å². The SMILES string of the molecule is Cc1cc(C)c(NS(=O)(=O)c2cc(Br)cnc2N)c(Br)c1. The number of nitrogens with one attached hydrogen (secondary N) is 1. The number of aryl methyl sites for hydroxylation is 2. The Balaban J connectivity index is 2.50. The van der Waals surface area contributed by atoms with Gasteiger partial charge in [0.2, 0.25) is 0 Å². The quantitative estimate of drug-likeness (QED) is 0.772. The summed E-state index contributed by atoms with van der Waals surface area (Å²) in [5, 5.41) is 0. The van der Waals surface area contributed by atoms with Crippen molar-refractivity contribution in [2.75, 3.05) is 10.5 Å². The number of aromatic nitrogens is 1. The second-order valence-electron chi connectivity index (χ2n) is 4.58. The molecule has 0 spiro atoms. The molecule has 5 nitrogen and oxygen atoms in total. The van der Waals surface area contributed by atoms with Gasteiger partial charge in [0, 0.05) is 15.1 Å². The zero-order valence-corrected chi connectivity index (χ0v) is 15.3. The van der Waals surface area contributed by atoms with Gasteiger partial charge in [-0.2, -0.15) is 0 Å². The highest BCUT2D eigenvalue weighted by molar-refractivity contribution is 9.10. The summed E-state index contributed by atoms with van der Waals surface area (Å²) in [7, 11) is -3.82. The van der Waals surface area contributed by atoms with Crippen LogP contribution in [0.25, 0.3) is 0 Å². The third kappa shape index (κ3) is 3.56. The van der Waals surface area contributed by atoms with E-state index in [1.165, 1.54) is 12.3 Å². The summed E-state index contributed by atoms with van der Waals surface area (Å²) in [5.41, 5.74) is 8.00. The second-order valence-corrected chi connectivity index (χ2v) is 8.00. The number of anilines is 2. The van der Waals surface area contributed by atoms with Crippen molar-refractivity contribution in [1.29, 1.82) is 0 Å². The largest absolute Gasteiger partial charge is 0.383 e. The Hall–Kier alpha value is -1.12. The smallest absolute Gasteiger partial charge is 0.265 e. The summed E-state index contributed by atoms with van der Waals surface area (Å²) >= 11 is 6.57. The van der Waals surface area contributed by atoms with Crippen LogP contribution in [0.5, 0.6) is 0 Å². The molecule has 0 aliphatic carbocycles. The van der Waals surface area contributed by atoms with Gasteiger partial charge in [-0.25, -0.2) is 13.4 Å². The normalized spacial score (nSPS) is 11.4. The number of sulfonamides is 1. The van der Waals surface area contributed by atoms with Crippen molar-refractivity contribution in [2.24, 2.45) is 0 Å². The molecule has 0 unspecified atom stereocenters. The Labute approximate surface area is 140 Å². The van der Waals surface area contributed by atoms with Crippen LogP contribution in [0.4, 0.5) is 11.5 Å². The molecule has 0 atom stereocenters. The van der Waals surface area contributed by atoms with E-state index in [9.17, 15) is 8.42 Å². The third-order valence-electron chi connectivity index (χ3n) is 2.81. The summed E-state index contributed by atoms with van der Waals surface area (Å²) in [4.78, 5) is 3.78. The fourth-order valence-electron chi connectivity index (χ4n) is 1.88. The lowest BCUT2D eigenvalue weighted by Gasteiger charge is -2.14. The molecule has 1 aromatic carbocycles. The number of nitrogen functional groups attached to an aromatic ring is 1. The standard InChI is InChI=1S/C13H13Br2N3O2S/c1-7-3-8(2)12(10(15)4-7)18-21(19,20)11-5-9(14)6-17-13(11)16/h3-6,18H,1-2H3,(H2,16,17). The van der Waals surface area contributed by atoms with Crippen LogP contribution >= 0.6 is 31.9 Å². The molecule has 0 bridgehead atoms. The van der Waals surface area contributed by atoms with Crippen molar-refractivity contribution >= 4 is 53.4 Å². The monoisotopic (exact) mass is 433 g/mol.